The molecule has 4 heteroatoms. The van der Waals surface area contributed by atoms with Crippen molar-refractivity contribution in [2.24, 2.45) is 17.8 Å². The Bertz CT molecular complexity index is 531. The van der Waals surface area contributed by atoms with Crippen molar-refractivity contribution in [1.82, 2.24) is 5.32 Å². The lowest BCUT2D eigenvalue weighted by Crippen LogP contribution is -2.25. The molecule has 20 heavy (non-hydrogen) atoms. The van der Waals surface area contributed by atoms with Crippen LogP contribution in [0.5, 0.6) is 0 Å². The summed E-state index contributed by atoms with van der Waals surface area (Å²) >= 11 is 12.2. The van der Waals surface area contributed by atoms with Crippen LogP contribution in [0.2, 0.25) is 10.0 Å². The summed E-state index contributed by atoms with van der Waals surface area (Å²) in [5.74, 6) is 2.17. The highest BCUT2D eigenvalue weighted by Gasteiger charge is 2.67. The van der Waals surface area contributed by atoms with Crippen molar-refractivity contribution in [2.75, 3.05) is 26.3 Å². The molecule has 0 aromatic heterocycles. The molecule has 0 amide bonds. The number of halogens is 2. The van der Waals surface area contributed by atoms with Gasteiger partial charge >= 0.3 is 0 Å². The first-order valence-electron chi connectivity index (χ1n) is 7.46. The van der Waals surface area contributed by atoms with Gasteiger partial charge in [0.15, 0.2) is 0 Å². The van der Waals surface area contributed by atoms with Crippen molar-refractivity contribution in [3.05, 3.63) is 33.8 Å². The molecule has 1 aromatic rings. The van der Waals surface area contributed by atoms with E-state index in [0.717, 1.165) is 32.2 Å². The van der Waals surface area contributed by atoms with Crippen LogP contribution in [0.25, 0.3) is 0 Å². The van der Waals surface area contributed by atoms with Gasteiger partial charge in [-0.1, -0.05) is 29.3 Å². The van der Waals surface area contributed by atoms with E-state index in [1.54, 1.807) is 0 Å². The molecular formula is C16H19Cl2NO. The van der Waals surface area contributed by atoms with Gasteiger partial charge in [-0.15, -0.1) is 0 Å². The number of rotatable bonds is 5. The van der Waals surface area contributed by atoms with Gasteiger partial charge in [0.25, 0.3) is 0 Å². The monoisotopic (exact) mass is 311 g/mol. The summed E-state index contributed by atoms with van der Waals surface area (Å²) in [6, 6.07) is 6.10. The molecule has 1 N–H and O–H groups in total. The van der Waals surface area contributed by atoms with Crippen molar-refractivity contribution < 1.29 is 4.74 Å². The van der Waals surface area contributed by atoms with E-state index in [1.807, 2.05) is 12.1 Å². The normalized spacial score (nSPS) is 35.1. The van der Waals surface area contributed by atoms with E-state index in [9.17, 15) is 0 Å². The first-order chi connectivity index (χ1) is 9.72. The second-order valence-corrected chi connectivity index (χ2v) is 7.31. The Morgan fingerprint density at radius 3 is 2.80 bits per heavy atom. The summed E-state index contributed by atoms with van der Waals surface area (Å²) in [6.07, 6.45) is 2.71. The fraction of sp³-hybridized carbons (Fsp3) is 0.625. The molecule has 3 atom stereocenters. The van der Waals surface area contributed by atoms with Crippen LogP contribution in [0.15, 0.2) is 18.2 Å². The molecule has 0 spiro atoms. The molecule has 2 aliphatic carbocycles. The molecule has 3 aliphatic rings. The zero-order chi connectivity index (χ0) is 13.7. The number of benzene rings is 1. The minimum Gasteiger partial charge on any atom is -0.381 e. The van der Waals surface area contributed by atoms with Crippen molar-refractivity contribution in [3.63, 3.8) is 0 Å². The van der Waals surface area contributed by atoms with Gasteiger partial charge in [-0.2, -0.15) is 0 Å². The molecule has 1 heterocycles. The minimum atomic E-state index is 0.234. The Morgan fingerprint density at radius 2 is 2.05 bits per heavy atom. The van der Waals surface area contributed by atoms with Crippen LogP contribution in [-0.4, -0.2) is 26.3 Å². The second kappa shape index (κ2) is 4.88. The lowest BCUT2D eigenvalue weighted by molar-refractivity contribution is 0.106. The molecule has 1 aromatic carbocycles. The lowest BCUT2D eigenvalue weighted by Gasteiger charge is -2.17. The van der Waals surface area contributed by atoms with E-state index in [-0.39, 0.29) is 5.41 Å². The summed E-state index contributed by atoms with van der Waals surface area (Å²) in [6.45, 7) is 3.97. The molecule has 2 saturated carbocycles. The summed E-state index contributed by atoms with van der Waals surface area (Å²) < 4.78 is 5.93. The average Bonchev–Trinajstić information content (AvgIpc) is 3.32. The van der Waals surface area contributed by atoms with Gasteiger partial charge in [-0.25, -0.2) is 0 Å². The Kier molecular flexibility index (Phi) is 3.26. The maximum atomic E-state index is 6.19. The van der Waals surface area contributed by atoms with E-state index in [2.05, 4.69) is 11.4 Å². The molecule has 1 saturated heterocycles. The van der Waals surface area contributed by atoms with E-state index in [0.29, 0.717) is 21.9 Å². The topological polar surface area (TPSA) is 21.3 Å². The highest BCUT2D eigenvalue weighted by molar-refractivity contribution is 6.42. The van der Waals surface area contributed by atoms with Gasteiger partial charge in [0.1, 0.15) is 0 Å². The molecule has 4 rings (SSSR count). The van der Waals surface area contributed by atoms with Gasteiger partial charge in [0, 0.05) is 18.6 Å². The van der Waals surface area contributed by atoms with Gasteiger partial charge in [-0.05, 0) is 54.8 Å². The number of hydrogen-bond acceptors (Lipinski definition) is 2. The molecular weight excluding hydrogens is 293 g/mol. The highest BCUT2D eigenvalue weighted by atomic mass is 35.5. The Balaban J connectivity index is 1.50. The van der Waals surface area contributed by atoms with Crippen LogP contribution >= 0.6 is 23.2 Å². The predicted octanol–water partition coefficient (Wildman–Crippen LogP) is 3.51. The maximum absolute atomic E-state index is 6.19. The van der Waals surface area contributed by atoms with Gasteiger partial charge in [0.2, 0.25) is 0 Å². The number of fused-ring (bicyclic) bond motifs is 1. The average molecular weight is 312 g/mol. The first-order valence-corrected chi connectivity index (χ1v) is 8.21. The third kappa shape index (κ3) is 2.09. The van der Waals surface area contributed by atoms with Crippen molar-refractivity contribution in [1.29, 1.82) is 0 Å². The molecule has 0 unspecified atom stereocenters. The van der Waals surface area contributed by atoms with E-state index in [1.165, 1.54) is 18.4 Å². The fourth-order valence-corrected chi connectivity index (χ4v) is 4.15. The molecule has 0 radical (unpaired) electrons. The quantitative estimate of drug-likeness (QED) is 0.898. The van der Waals surface area contributed by atoms with Crippen molar-refractivity contribution in [2.45, 2.75) is 18.3 Å². The van der Waals surface area contributed by atoms with Crippen LogP contribution in [0.3, 0.4) is 0 Å². The zero-order valence-electron chi connectivity index (χ0n) is 11.4. The fourth-order valence-electron chi connectivity index (χ4n) is 3.85. The van der Waals surface area contributed by atoms with E-state index in [4.69, 9.17) is 27.9 Å². The Morgan fingerprint density at radius 1 is 1.20 bits per heavy atom. The molecule has 1 aliphatic heterocycles. The van der Waals surface area contributed by atoms with Crippen LogP contribution < -0.4 is 5.32 Å². The number of ether oxygens (including phenoxy) is 1. The molecule has 108 valence electrons. The molecule has 0 bridgehead atoms. The SMILES string of the molecule is Clc1ccc([C@]23CNC[C@H]2[C@@H]3COCC2CC2)cc1Cl. The zero-order valence-corrected chi connectivity index (χ0v) is 12.9. The summed E-state index contributed by atoms with van der Waals surface area (Å²) in [5, 5.41) is 4.80. The Labute approximate surface area is 129 Å². The van der Waals surface area contributed by atoms with Crippen molar-refractivity contribution in [3.8, 4) is 0 Å². The van der Waals surface area contributed by atoms with E-state index >= 15 is 0 Å². The lowest BCUT2D eigenvalue weighted by atomic mass is 9.93. The molecule has 2 nitrogen and oxygen atoms in total. The number of piperidine rings is 1. The summed E-state index contributed by atoms with van der Waals surface area (Å²) in [4.78, 5) is 0. The largest absolute Gasteiger partial charge is 0.381 e. The standard InChI is InChI=1S/C16H19Cl2NO/c17-14-4-3-11(5-15(14)18)16-9-19-6-12(16)13(16)8-20-7-10-1-2-10/h3-5,10,12-13,19H,1-2,6-9H2/t12-,13-,16+/m0/s1. The third-order valence-electron chi connectivity index (χ3n) is 5.29. The van der Waals surface area contributed by atoms with Gasteiger partial charge in [0.05, 0.1) is 16.7 Å². The van der Waals surface area contributed by atoms with E-state index < -0.39 is 0 Å². The summed E-state index contributed by atoms with van der Waals surface area (Å²) in [5.41, 5.74) is 1.56. The summed E-state index contributed by atoms with van der Waals surface area (Å²) in [7, 11) is 0. The smallest absolute Gasteiger partial charge is 0.0595 e. The van der Waals surface area contributed by atoms with Crippen LogP contribution in [0.4, 0.5) is 0 Å². The van der Waals surface area contributed by atoms with Crippen LogP contribution in [0.1, 0.15) is 18.4 Å². The maximum Gasteiger partial charge on any atom is 0.0595 e. The number of hydrogen-bond donors (Lipinski definition) is 1. The molecule has 3 fully saturated rings. The van der Waals surface area contributed by atoms with Crippen LogP contribution in [-0.2, 0) is 10.2 Å². The Hall–Kier alpha value is -0.280. The minimum absolute atomic E-state index is 0.234. The predicted molar refractivity (Wildman–Crippen MR) is 81.5 cm³/mol. The van der Waals surface area contributed by atoms with Gasteiger partial charge < -0.3 is 10.1 Å². The van der Waals surface area contributed by atoms with Crippen molar-refractivity contribution >= 4 is 23.2 Å². The first kappa shape index (κ1) is 13.4. The van der Waals surface area contributed by atoms with Gasteiger partial charge in [-0.3, -0.25) is 0 Å². The number of nitrogens with one attached hydrogen (secondary N) is 1. The third-order valence-corrected chi connectivity index (χ3v) is 6.03. The van der Waals surface area contributed by atoms with Crippen LogP contribution in [0, 0.1) is 17.8 Å². The second-order valence-electron chi connectivity index (χ2n) is 6.49. The highest BCUT2D eigenvalue weighted by Crippen LogP contribution is 2.62.